The van der Waals surface area contributed by atoms with Crippen LogP contribution in [-0.2, 0) is 9.59 Å². The van der Waals surface area contributed by atoms with Gasteiger partial charge in [0, 0.05) is 0 Å². The topological polar surface area (TPSA) is 86.7 Å². The van der Waals surface area contributed by atoms with Gasteiger partial charge in [0.1, 0.15) is 11.6 Å². The number of rotatable bonds is 2. The number of aliphatic carboxylic acids is 1. The molecule has 1 atom stereocenters. The van der Waals surface area contributed by atoms with E-state index >= 15 is 0 Å². The highest BCUT2D eigenvalue weighted by molar-refractivity contribution is 6.08. The summed E-state index contributed by atoms with van der Waals surface area (Å²) in [6.07, 6.45) is 0. The highest BCUT2D eigenvalue weighted by atomic mass is 16.4. The van der Waals surface area contributed by atoms with Crippen molar-refractivity contribution in [2.24, 2.45) is 0 Å². The van der Waals surface area contributed by atoms with Crippen molar-refractivity contribution in [3.63, 3.8) is 0 Å². The van der Waals surface area contributed by atoms with E-state index in [1.54, 1.807) is 0 Å². The Hall–Kier alpha value is -1.59. The third kappa shape index (κ3) is 1.43. The first-order valence-electron chi connectivity index (χ1n) is 4.16. The van der Waals surface area contributed by atoms with Crippen molar-refractivity contribution in [2.45, 2.75) is 32.4 Å². The molecule has 0 radical (unpaired) electrons. The van der Waals surface area contributed by atoms with Crippen LogP contribution in [0.25, 0.3) is 0 Å². The number of urea groups is 1. The predicted molar refractivity (Wildman–Crippen MR) is 46.6 cm³/mol. The fraction of sp³-hybridized carbons (Fsp3) is 0.625. The summed E-state index contributed by atoms with van der Waals surface area (Å²) in [5.41, 5.74) is -1.01. The molecule has 0 spiro atoms. The SMILES string of the molecule is C[C@H](C(=O)O)N1C(=O)NC(C)(C)C1=O. The fourth-order valence-corrected chi connectivity index (χ4v) is 1.24. The van der Waals surface area contributed by atoms with E-state index in [-0.39, 0.29) is 0 Å². The van der Waals surface area contributed by atoms with Gasteiger partial charge in [0.15, 0.2) is 0 Å². The molecule has 0 saturated carbocycles. The van der Waals surface area contributed by atoms with E-state index in [1.165, 1.54) is 20.8 Å². The standard InChI is InChI=1S/C8H12N2O4/c1-4(5(11)12)10-6(13)8(2,3)9-7(10)14/h4H,1-3H3,(H,9,14)(H,11,12)/t4-/m1/s1. The average Bonchev–Trinajstić information content (AvgIpc) is 2.21. The molecule has 6 nitrogen and oxygen atoms in total. The van der Waals surface area contributed by atoms with Crippen molar-refractivity contribution >= 4 is 17.9 Å². The molecule has 1 heterocycles. The van der Waals surface area contributed by atoms with Gasteiger partial charge in [0.2, 0.25) is 0 Å². The van der Waals surface area contributed by atoms with Crippen LogP contribution < -0.4 is 5.32 Å². The number of nitrogens with one attached hydrogen (secondary N) is 1. The predicted octanol–water partition coefficient (Wildman–Crippen LogP) is -0.210. The number of carboxylic acid groups (broad SMARTS) is 1. The van der Waals surface area contributed by atoms with Crippen molar-refractivity contribution < 1.29 is 19.5 Å². The first-order valence-corrected chi connectivity index (χ1v) is 4.16. The highest BCUT2D eigenvalue weighted by Crippen LogP contribution is 2.18. The Kier molecular flexibility index (Phi) is 2.22. The molecule has 0 aliphatic carbocycles. The summed E-state index contributed by atoms with van der Waals surface area (Å²) in [6, 6.07) is -1.79. The number of hydrogen-bond donors (Lipinski definition) is 2. The summed E-state index contributed by atoms with van der Waals surface area (Å²) in [7, 11) is 0. The maximum Gasteiger partial charge on any atom is 0.326 e. The van der Waals surface area contributed by atoms with E-state index in [9.17, 15) is 14.4 Å². The number of carbonyl (C=O) groups excluding carboxylic acids is 2. The van der Waals surface area contributed by atoms with E-state index in [1.807, 2.05) is 0 Å². The van der Waals surface area contributed by atoms with E-state index in [2.05, 4.69) is 5.32 Å². The van der Waals surface area contributed by atoms with Gasteiger partial charge >= 0.3 is 12.0 Å². The van der Waals surface area contributed by atoms with Crippen LogP contribution in [0.2, 0.25) is 0 Å². The first kappa shape index (κ1) is 10.5. The van der Waals surface area contributed by atoms with Gasteiger partial charge in [0.05, 0.1) is 0 Å². The number of carbonyl (C=O) groups is 3. The van der Waals surface area contributed by atoms with Gasteiger partial charge in [-0.1, -0.05) is 0 Å². The summed E-state index contributed by atoms with van der Waals surface area (Å²) in [5.74, 6) is -1.72. The zero-order valence-corrected chi connectivity index (χ0v) is 8.20. The van der Waals surface area contributed by atoms with Gasteiger partial charge < -0.3 is 10.4 Å². The minimum absolute atomic E-state index is 0.516. The van der Waals surface area contributed by atoms with Crippen molar-refractivity contribution in [1.29, 1.82) is 0 Å². The molecule has 0 aromatic carbocycles. The van der Waals surface area contributed by atoms with Crippen molar-refractivity contribution in [1.82, 2.24) is 10.2 Å². The lowest BCUT2D eigenvalue weighted by molar-refractivity contribution is -0.146. The number of amides is 3. The quantitative estimate of drug-likeness (QED) is 0.604. The van der Waals surface area contributed by atoms with Crippen LogP contribution in [0.4, 0.5) is 4.79 Å². The molecule has 0 aromatic heterocycles. The van der Waals surface area contributed by atoms with Crippen molar-refractivity contribution in [3.05, 3.63) is 0 Å². The van der Waals surface area contributed by atoms with E-state index < -0.39 is 29.5 Å². The molecule has 2 N–H and O–H groups in total. The Morgan fingerprint density at radius 2 is 2.00 bits per heavy atom. The van der Waals surface area contributed by atoms with Gasteiger partial charge in [0.25, 0.3) is 5.91 Å². The lowest BCUT2D eigenvalue weighted by Crippen LogP contribution is -2.45. The maximum absolute atomic E-state index is 11.6. The second kappa shape index (κ2) is 2.97. The highest BCUT2D eigenvalue weighted by Gasteiger charge is 2.47. The summed E-state index contributed by atoms with van der Waals surface area (Å²) < 4.78 is 0. The summed E-state index contributed by atoms with van der Waals surface area (Å²) >= 11 is 0. The van der Waals surface area contributed by atoms with Gasteiger partial charge in [-0.25, -0.2) is 14.5 Å². The van der Waals surface area contributed by atoms with Crippen LogP contribution in [0.15, 0.2) is 0 Å². The zero-order valence-electron chi connectivity index (χ0n) is 8.20. The number of hydrogen-bond acceptors (Lipinski definition) is 3. The monoisotopic (exact) mass is 200 g/mol. The van der Waals surface area contributed by atoms with Crippen LogP contribution in [0, 0.1) is 0 Å². The summed E-state index contributed by atoms with van der Waals surface area (Å²) in [4.78, 5) is 34.2. The molecular weight excluding hydrogens is 188 g/mol. The lowest BCUT2D eigenvalue weighted by atomic mass is 10.1. The molecule has 0 unspecified atom stereocenters. The molecule has 14 heavy (non-hydrogen) atoms. The Labute approximate surface area is 80.9 Å². The van der Waals surface area contributed by atoms with Gasteiger partial charge in [-0.3, -0.25) is 4.79 Å². The minimum Gasteiger partial charge on any atom is -0.480 e. The van der Waals surface area contributed by atoms with Crippen LogP contribution in [-0.4, -0.2) is 39.5 Å². The normalized spacial score (nSPS) is 22.1. The molecule has 1 aliphatic heterocycles. The Balaban J connectivity index is 2.97. The Morgan fingerprint density at radius 1 is 1.50 bits per heavy atom. The third-order valence-electron chi connectivity index (χ3n) is 2.14. The van der Waals surface area contributed by atoms with Crippen LogP contribution >= 0.6 is 0 Å². The largest absolute Gasteiger partial charge is 0.480 e. The molecule has 1 aliphatic rings. The first-order chi connectivity index (χ1) is 6.27. The van der Waals surface area contributed by atoms with Crippen molar-refractivity contribution in [3.8, 4) is 0 Å². The van der Waals surface area contributed by atoms with E-state index in [4.69, 9.17) is 5.11 Å². The summed E-state index contributed by atoms with van der Waals surface area (Å²) in [5, 5.41) is 11.1. The summed E-state index contributed by atoms with van der Waals surface area (Å²) in [6.45, 7) is 4.35. The Bertz CT molecular complexity index is 310. The second-order valence-electron chi connectivity index (χ2n) is 3.74. The zero-order chi connectivity index (χ0) is 11.1. The fourth-order valence-electron chi connectivity index (χ4n) is 1.24. The average molecular weight is 200 g/mol. The molecule has 6 heteroatoms. The lowest BCUT2D eigenvalue weighted by Gasteiger charge is -2.18. The molecule has 1 fully saturated rings. The number of nitrogens with zero attached hydrogens (tertiary/aromatic N) is 1. The van der Waals surface area contributed by atoms with E-state index in [0.29, 0.717) is 0 Å². The molecule has 1 saturated heterocycles. The second-order valence-corrected chi connectivity index (χ2v) is 3.74. The van der Waals surface area contributed by atoms with Crippen LogP contribution in [0.5, 0.6) is 0 Å². The van der Waals surface area contributed by atoms with E-state index in [0.717, 1.165) is 4.90 Å². The molecular formula is C8H12N2O4. The molecule has 0 aromatic rings. The number of carboxylic acids is 1. The van der Waals surface area contributed by atoms with Crippen LogP contribution in [0.1, 0.15) is 20.8 Å². The third-order valence-corrected chi connectivity index (χ3v) is 2.14. The molecule has 0 bridgehead atoms. The molecule has 78 valence electrons. The number of imide groups is 1. The van der Waals surface area contributed by atoms with Crippen LogP contribution in [0.3, 0.4) is 0 Å². The molecule has 3 amide bonds. The van der Waals surface area contributed by atoms with Gasteiger partial charge in [-0.2, -0.15) is 0 Å². The maximum atomic E-state index is 11.6. The Morgan fingerprint density at radius 3 is 2.29 bits per heavy atom. The van der Waals surface area contributed by atoms with Crippen molar-refractivity contribution in [2.75, 3.05) is 0 Å². The minimum atomic E-state index is -1.20. The molecule has 1 rings (SSSR count). The van der Waals surface area contributed by atoms with Gasteiger partial charge in [-0.15, -0.1) is 0 Å². The smallest absolute Gasteiger partial charge is 0.326 e. The van der Waals surface area contributed by atoms with Gasteiger partial charge in [-0.05, 0) is 20.8 Å².